The predicted molar refractivity (Wildman–Crippen MR) is 86.4 cm³/mol. The first-order valence-electron chi connectivity index (χ1n) is 6.68. The lowest BCUT2D eigenvalue weighted by Gasteiger charge is -2.20. The number of nitrogens with one attached hydrogen (secondary N) is 1. The van der Waals surface area contributed by atoms with Gasteiger partial charge in [0.15, 0.2) is 11.4 Å². The molecule has 1 amide bonds. The minimum atomic E-state index is -2.03. The van der Waals surface area contributed by atoms with Gasteiger partial charge >= 0.3 is 0 Å². The van der Waals surface area contributed by atoms with Crippen molar-refractivity contribution < 1.29 is 19.1 Å². The van der Waals surface area contributed by atoms with Crippen LogP contribution in [-0.4, -0.2) is 16.8 Å². The molecular weight excluding hydrogens is 341 g/mol. The van der Waals surface area contributed by atoms with Crippen LogP contribution in [0.3, 0.4) is 0 Å². The van der Waals surface area contributed by atoms with E-state index in [0.29, 0.717) is 16.5 Å². The van der Waals surface area contributed by atoms with Crippen LogP contribution in [0.5, 0.6) is 0 Å². The van der Waals surface area contributed by atoms with E-state index in [0.717, 1.165) is 0 Å². The summed E-state index contributed by atoms with van der Waals surface area (Å²) in [6, 6.07) is 6.25. The van der Waals surface area contributed by atoms with E-state index in [4.69, 9.17) is 27.6 Å². The first-order chi connectivity index (χ1) is 10.9. The van der Waals surface area contributed by atoms with E-state index in [-0.39, 0.29) is 10.6 Å². The van der Waals surface area contributed by atoms with Crippen molar-refractivity contribution in [2.75, 3.05) is 5.32 Å². The Morgan fingerprint density at radius 2 is 2.17 bits per heavy atom. The maximum Gasteiger partial charge on any atom is 0.261 e. The number of fused-ring (bicyclic) bond motifs is 1. The van der Waals surface area contributed by atoms with Gasteiger partial charge in [0.05, 0.1) is 23.4 Å². The molecule has 2 N–H and O–H groups in total. The number of anilines is 1. The smallest absolute Gasteiger partial charge is 0.261 e. The third-order valence-corrected chi connectivity index (χ3v) is 4.02. The lowest BCUT2D eigenvalue weighted by Crippen LogP contribution is -2.36. The zero-order chi connectivity index (χ0) is 16.6. The molecule has 2 aromatic rings. The van der Waals surface area contributed by atoms with Crippen molar-refractivity contribution in [2.24, 2.45) is 0 Å². The summed E-state index contributed by atoms with van der Waals surface area (Å²) in [5, 5.41) is 13.6. The van der Waals surface area contributed by atoms with E-state index in [1.54, 1.807) is 12.1 Å². The Balaban J connectivity index is 1.88. The van der Waals surface area contributed by atoms with Crippen molar-refractivity contribution in [3.05, 3.63) is 58.0 Å². The summed E-state index contributed by atoms with van der Waals surface area (Å²) in [6.45, 7) is 0. The molecule has 0 bridgehead atoms. The van der Waals surface area contributed by atoms with Gasteiger partial charge in [0.1, 0.15) is 5.76 Å². The molecule has 3 rings (SSSR count). The average Bonchev–Trinajstić information content (AvgIpc) is 3.04. The van der Waals surface area contributed by atoms with Gasteiger partial charge in [-0.1, -0.05) is 23.2 Å². The summed E-state index contributed by atoms with van der Waals surface area (Å²) in [5.41, 5.74) is -1.56. The predicted octanol–water partition coefficient (Wildman–Crippen LogP) is 3.40. The number of carbonyl (C=O) groups is 2. The van der Waals surface area contributed by atoms with Crippen molar-refractivity contribution in [1.29, 1.82) is 0 Å². The molecule has 1 aliphatic rings. The number of halogens is 2. The molecule has 5 nitrogen and oxygen atoms in total. The summed E-state index contributed by atoms with van der Waals surface area (Å²) in [4.78, 5) is 24.2. The largest absolute Gasteiger partial charge is 0.465 e. The molecular formula is C16H11Cl2NO4. The number of hydrogen-bond acceptors (Lipinski definition) is 4. The van der Waals surface area contributed by atoms with E-state index in [1.807, 2.05) is 0 Å². The highest BCUT2D eigenvalue weighted by atomic mass is 35.5. The maximum atomic E-state index is 12.1. The molecule has 23 heavy (non-hydrogen) atoms. The molecule has 0 spiro atoms. The van der Waals surface area contributed by atoms with Crippen LogP contribution in [0.4, 0.5) is 5.69 Å². The topological polar surface area (TPSA) is 79.5 Å². The molecule has 7 heteroatoms. The van der Waals surface area contributed by atoms with Gasteiger partial charge in [0.2, 0.25) is 0 Å². The van der Waals surface area contributed by atoms with E-state index >= 15 is 0 Å². The number of aliphatic hydroxyl groups is 1. The highest BCUT2D eigenvalue weighted by Gasteiger charge is 2.48. The second-order valence-corrected chi connectivity index (χ2v) is 5.96. The van der Waals surface area contributed by atoms with Gasteiger partial charge < -0.3 is 14.8 Å². The number of rotatable bonds is 4. The van der Waals surface area contributed by atoms with E-state index < -0.39 is 23.7 Å². The first kappa shape index (κ1) is 15.8. The van der Waals surface area contributed by atoms with Gasteiger partial charge in [0.25, 0.3) is 5.91 Å². The Hall–Kier alpha value is -2.08. The van der Waals surface area contributed by atoms with Gasteiger partial charge in [-0.25, -0.2) is 0 Å². The molecule has 0 aliphatic carbocycles. The van der Waals surface area contributed by atoms with Crippen LogP contribution in [0.2, 0.25) is 10.0 Å². The Labute approximate surface area is 141 Å². The fraction of sp³-hybridized carbons (Fsp3) is 0.125. The van der Waals surface area contributed by atoms with Crippen molar-refractivity contribution in [3.8, 4) is 0 Å². The van der Waals surface area contributed by atoms with Crippen LogP contribution in [0, 0.1) is 0 Å². The minimum Gasteiger partial charge on any atom is -0.465 e. The fourth-order valence-electron chi connectivity index (χ4n) is 2.47. The third kappa shape index (κ3) is 2.91. The molecule has 1 aromatic carbocycles. The number of amides is 1. The molecule has 2 heterocycles. The third-order valence-electron chi connectivity index (χ3n) is 3.50. The number of benzene rings is 1. The van der Waals surface area contributed by atoms with Gasteiger partial charge in [-0.05, 0) is 36.4 Å². The summed E-state index contributed by atoms with van der Waals surface area (Å²) >= 11 is 12.0. The second-order valence-electron chi connectivity index (χ2n) is 5.12. The molecule has 1 aromatic heterocycles. The normalized spacial score (nSPS) is 19.9. The zero-order valence-corrected chi connectivity index (χ0v) is 13.2. The zero-order valence-electron chi connectivity index (χ0n) is 11.7. The van der Waals surface area contributed by atoms with Gasteiger partial charge in [-0.3, -0.25) is 9.59 Å². The highest BCUT2D eigenvalue weighted by Crippen LogP contribution is 2.44. The molecule has 0 fully saturated rings. The standard InChI is InChI=1S/C16H11Cl2NO4/c17-9-6-12(18)14-13(7-9)19-15(21)16(14,22)8-10(20)3-4-11-2-1-5-23-11/h1-7,22H,8H2,(H,19,21)/b4-3+/t16-/m1/s1. The van der Waals surface area contributed by atoms with E-state index in [1.165, 1.54) is 30.5 Å². The number of allylic oxidation sites excluding steroid dienone is 1. The van der Waals surface area contributed by atoms with Crippen LogP contribution >= 0.6 is 23.2 Å². The van der Waals surface area contributed by atoms with Crippen molar-refractivity contribution in [3.63, 3.8) is 0 Å². The average molecular weight is 352 g/mol. The Kier molecular flexibility index (Phi) is 4.02. The highest BCUT2D eigenvalue weighted by molar-refractivity contribution is 6.36. The van der Waals surface area contributed by atoms with Crippen LogP contribution < -0.4 is 5.32 Å². The van der Waals surface area contributed by atoms with Crippen LogP contribution in [0.25, 0.3) is 6.08 Å². The molecule has 0 radical (unpaired) electrons. The van der Waals surface area contributed by atoms with E-state index in [9.17, 15) is 14.7 Å². The van der Waals surface area contributed by atoms with Gasteiger partial charge in [-0.15, -0.1) is 0 Å². The lowest BCUT2D eigenvalue weighted by atomic mass is 9.89. The lowest BCUT2D eigenvalue weighted by molar-refractivity contribution is -0.138. The number of carbonyl (C=O) groups excluding carboxylic acids is 2. The second kappa shape index (κ2) is 5.85. The monoisotopic (exact) mass is 351 g/mol. The van der Waals surface area contributed by atoms with Crippen LogP contribution in [-0.2, 0) is 15.2 Å². The van der Waals surface area contributed by atoms with Gasteiger partial charge in [0, 0.05) is 10.6 Å². The van der Waals surface area contributed by atoms with Crippen LogP contribution in [0.1, 0.15) is 17.7 Å². The van der Waals surface area contributed by atoms with Crippen molar-refractivity contribution >= 4 is 46.7 Å². The summed E-state index contributed by atoms with van der Waals surface area (Å²) in [6.07, 6.45) is 3.74. The Morgan fingerprint density at radius 3 is 2.87 bits per heavy atom. The molecule has 1 aliphatic heterocycles. The molecule has 0 saturated heterocycles. The summed E-state index contributed by atoms with van der Waals surface area (Å²) in [7, 11) is 0. The van der Waals surface area contributed by atoms with Gasteiger partial charge in [-0.2, -0.15) is 0 Å². The molecule has 0 unspecified atom stereocenters. The Bertz CT molecular complexity index is 814. The summed E-state index contributed by atoms with van der Waals surface area (Å²) in [5.74, 6) is -0.666. The quantitative estimate of drug-likeness (QED) is 0.827. The van der Waals surface area contributed by atoms with Crippen molar-refractivity contribution in [2.45, 2.75) is 12.0 Å². The maximum absolute atomic E-state index is 12.1. The fourth-order valence-corrected chi connectivity index (χ4v) is 3.12. The summed E-state index contributed by atoms with van der Waals surface area (Å²) < 4.78 is 5.07. The van der Waals surface area contributed by atoms with Crippen molar-refractivity contribution in [1.82, 2.24) is 0 Å². The number of ketones is 1. The molecule has 1 atom stereocenters. The number of furan rings is 1. The molecule has 118 valence electrons. The molecule has 0 saturated carbocycles. The minimum absolute atomic E-state index is 0.121. The SMILES string of the molecule is O=C(/C=C/c1ccco1)C[C@]1(O)C(=O)Nc2cc(Cl)cc(Cl)c21. The number of hydrogen-bond donors (Lipinski definition) is 2. The first-order valence-corrected chi connectivity index (χ1v) is 7.43. The van der Waals surface area contributed by atoms with E-state index in [2.05, 4.69) is 5.32 Å². The van der Waals surface area contributed by atoms with Crippen LogP contribution in [0.15, 0.2) is 41.0 Å². The Morgan fingerprint density at radius 1 is 1.39 bits per heavy atom.